The second kappa shape index (κ2) is 9.75. The Bertz CT molecular complexity index is 1350. The molecule has 2 aliphatic heterocycles. The van der Waals surface area contributed by atoms with Crippen LogP contribution < -0.4 is 16.0 Å². The van der Waals surface area contributed by atoms with E-state index in [9.17, 15) is 15.0 Å². The third-order valence-electron chi connectivity index (χ3n) is 8.39. The largest absolute Gasteiger partial charge is 0.508 e. The molecule has 1 amide bonds. The number of benzene rings is 3. The summed E-state index contributed by atoms with van der Waals surface area (Å²) in [7, 11) is 0. The van der Waals surface area contributed by atoms with Crippen molar-refractivity contribution in [2.45, 2.75) is 57.5 Å². The fraction of sp³-hybridized carbons (Fsp3) is 0.387. The van der Waals surface area contributed by atoms with Gasteiger partial charge in [-0.15, -0.1) is 0 Å². The molecule has 6 nitrogen and oxygen atoms in total. The number of phenolic OH excluding ortho intramolecular Hbond substituents is 2. The van der Waals surface area contributed by atoms with Crippen molar-refractivity contribution in [3.63, 3.8) is 0 Å². The van der Waals surface area contributed by atoms with Gasteiger partial charge in [-0.05, 0) is 121 Å². The van der Waals surface area contributed by atoms with Gasteiger partial charge in [-0.2, -0.15) is 0 Å². The summed E-state index contributed by atoms with van der Waals surface area (Å²) in [6.07, 6.45) is 5.13. The molecule has 6 heteroatoms. The van der Waals surface area contributed by atoms with Crippen molar-refractivity contribution in [1.82, 2.24) is 10.6 Å². The van der Waals surface area contributed by atoms with Crippen molar-refractivity contribution in [3.8, 4) is 11.5 Å². The molecule has 37 heavy (non-hydrogen) atoms. The second-order valence-electron chi connectivity index (χ2n) is 11.0. The first-order valence-electron chi connectivity index (χ1n) is 13.5. The van der Waals surface area contributed by atoms with Crippen LogP contribution in [-0.4, -0.2) is 35.3 Å². The van der Waals surface area contributed by atoms with Gasteiger partial charge in [-0.1, -0.05) is 24.3 Å². The van der Waals surface area contributed by atoms with Crippen LogP contribution in [0.25, 0.3) is 0 Å². The zero-order chi connectivity index (χ0) is 25.5. The molecule has 2 heterocycles. The van der Waals surface area contributed by atoms with Crippen LogP contribution in [0.2, 0.25) is 0 Å². The first kappa shape index (κ1) is 23.9. The van der Waals surface area contributed by atoms with Crippen LogP contribution in [0.3, 0.4) is 0 Å². The van der Waals surface area contributed by atoms with Gasteiger partial charge in [0, 0.05) is 12.2 Å². The Morgan fingerprint density at radius 1 is 1.00 bits per heavy atom. The van der Waals surface area contributed by atoms with Crippen LogP contribution in [0.5, 0.6) is 11.5 Å². The quantitative estimate of drug-likeness (QED) is 0.374. The molecule has 0 fully saturated rings. The summed E-state index contributed by atoms with van der Waals surface area (Å²) in [4.78, 5) is 13.5. The smallest absolute Gasteiger partial charge is 0.237 e. The Morgan fingerprint density at radius 2 is 1.89 bits per heavy atom. The highest BCUT2D eigenvalue weighted by Crippen LogP contribution is 2.36. The number of anilines is 1. The van der Waals surface area contributed by atoms with Crippen molar-refractivity contribution in [1.29, 1.82) is 0 Å². The van der Waals surface area contributed by atoms with E-state index in [0.29, 0.717) is 30.4 Å². The van der Waals surface area contributed by atoms with Crippen LogP contribution in [0, 0.1) is 12.8 Å². The third-order valence-corrected chi connectivity index (χ3v) is 8.39. The first-order valence-corrected chi connectivity index (χ1v) is 13.5. The number of fused-ring (bicyclic) bond motifs is 3. The molecule has 0 aromatic heterocycles. The molecule has 1 aliphatic carbocycles. The summed E-state index contributed by atoms with van der Waals surface area (Å²) < 4.78 is 0. The third kappa shape index (κ3) is 4.78. The number of amides is 1. The lowest BCUT2D eigenvalue weighted by atomic mass is 9.90. The minimum Gasteiger partial charge on any atom is -0.508 e. The van der Waals surface area contributed by atoms with E-state index in [4.69, 9.17) is 0 Å². The van der Waals surface area contributed by atoms with Gasteiger partial charge in [0.1, 0.15) is 11.5 Å². The average Bonchev–Trinajstić information content (AvgIpc) is 3.16. The van der Waals surface area contributed by atoms with Crippen LogP contribution in [0.4, 0.5) is 5.69 Å². The van der Waals surface area contributed by atoms with Crippen molar-refractivity contribution in [3.05, 3.63) is 87.5 Å². The van der Waals surface area contributed by atoms with Crippen molar-refractivity contribution >= 4 is 11.6 Å². The molecule has 3 aromatic rings. The highest BCUT2D eigenvalue weighted by Gasteiger charge is 2.29. The topological polar surface area (TPSA) is 93.6 Å². The Hall–Kier alpha value is -3.51. The summed E-state index contributed by atoms with van der Waals surface area (Å²) >= 11 is 0. The second-order valence-corrected chi connectivity index (χ2v) is 11.0. The van der Waals surface area contributed by atoms with Gasteiger partial charge < -0.3 is 26.2 Å². The Morgan fingerprint density at radius 3 is 2.76 bits per heavy atom. The van der Waals surface area contributed by atoms with Crippen LogP contribution in [0.15, 0.2) is 48.5 Å². The fourth-order valence-electron chi connectivity index (χ4n) is 6.54. The monoisotopic (exact) mass is 497 g/mol. The Kier molecular flexibility index (Phi) is 6.29. The molecule has 0 saturated carbocycles. The number of hydrogen-bond donors (Lipinski definition) is 5. The van der Waals surface area contributed by atoms with Crippen LogP contribution in [0.1, 0.15) is 51.4 Å². The molecule has 5 N–H and O–H groups in total. The summed E-state index contributed by atoms with van der Waals surface area (Å²) in [6, 6.07) is 15.7. The van der Waals surface area contributed by atoms with E-state index < -0.39 is 0 Å². The Balaban J connectivity index is 1.17. The molecule has 3 aliphatic rings. The first-order chi connectivity index (χ1) is 17.9. The number of carbonyl (C=O) groups is 1. The summed E-state index contributed by atoms with van der Waals surface area (Å²) in [6.45, 7) is 3.54. The van der Waals surface area contributed by atoms with E-state index in [-0.39, 0.29) is 18.0 Å². The van der Waals surface area contributed by atoms with Crippen molar-refractivity contribution in [2.24, 2.45) is 5.92 Å². The highest BCUT2D eigenvalue weighted by atomic mass is 16.3. The van der Waals surface area contributed by atoms with Gasteiger partial charge in [0.15, 0.2) is 0 Å². The Labute approximate surface area is 218 Å². The molecule has 6 rings (SSSR count). The van der Waals surface area contributed by atoms with Crippen molar-refractivity contribution < 1.29 is 15.0 Å². The highest BCUT2D eigenvalue weighted by molar-refractivity contribution is 5.83. The molecule has 192 valence electrons. The lowest BCUT2D eigenvalue weighted by molar-refractivity contribution is -0.123. The normalized spacial score (nSPS) is 22.2. The maximum atomic E-state index is 13.5. The fourth-order valence-corrected chi connectivity index (χ4v) is 6.54. The van der Waals surface area contributed by atoms with Gasteiger partial charge in [0.05, 0.1) is 12.1 Å². The van der Waals surface area contributed by atoms with E-state index in [2.05, 4.69) is 40.2 Å². The summed E-state index contributed by atoms with van der Waals surface area (Å²) in [5, 5.41) is 30.5. The lowest BCUT2D eigenvalue weighted by Crippen LogP contribution is -2.47. The molecular weight excluding hydrogens is 462 g/mol. The van der Waals surface area contributed by atoms with Gasteiger partial charge >= 0.3 is 0 Å². The number of nitrogens with one attached hydrogen (secondary N) is 3. The zero-order valence-corrected chi connectivity index (χ0v) is 21.3. The standard InChI is InChI=1S/C31H35N3O3/c1-18-11-23(35)16-22-7-9-33-29(17-24(18)22)31(37)34-28-8-10-32-27-6-5-19(14-26(27)28)12-20-13-21-3-2-4-30(36)25(21)15-20/h2-6,11,14,16,20,28-29,32-33,35-36H,7-10,12-13,15,17H2,1H3,(H,34,37)/t20?,28-,29+/m1/s1. The number of aromatic hydroxyl groups is 2. The van der Waals surface area contributed by atoms with Crippen LogP contribution >= 0.6 is 0 Å². The lowest BCUT2D eigenvalue weighted by Gasteiger charge is -2.30. The van der Waals surface area contributed by atoms with Crippen LogP contribution in [-0.2, 0) is 36.9 Å². The average molecular weight is 498 g/mol. The predicted molar refractivity (Wildman–Crippen MR) is 145 cm³/mol. The SMILES string of the molecule is Cc1cc(O)cc2c1C[C@@H](C(=O)N[C@@H]1CCNc3ccc(CC4Cc5cccc(O)c5C4)cc31)NCC2. The summed E-state index contributed by atoms with van der Waals surface area (Å²) in [5.74, 6) is 1.22. The summed E-state index contributed by atoms with van der Waals surface area (Å²) in [5.41, 5.74) is 9.22. The minimum absolute atomic E-state index is 0.0287. The number of rotatable bonds is 4. The number of aryl methyl sites for hydroxylation is 1. The van der Waals surface area contributed by atoms with Crippen molar-refractivity contribution in [2.75, 3.05) is 18.4 Å². The number of phenols is 2. The van der Waals surface area contributed by atoms with E-state index in [1.807, 2.05) is 19.1 Å². The molecule has 0 spiro atoms. The van der Waals surface area contributed by atoms with E-state index in [1.165, 1.54) is 16.7 Å². The van der Waals surface area contributed by atoms with E-state index >= 15 is 0 Å². The number of hydrogen-bond acceptors (Lipinski definition) is 5. The molecular formula is C31H35N3O3. The molecule has 3 atom stereocenters. The van der Waals surface area contributed by atoms with E-state index in [0.717, 1.165) is 66.6 Å². The number of carbonyl (C=O) groups excluding carboxylic acids is 1. The maximum Gasteiger partial charge on any atom is 0.237 e. The molecule has 0 radical (unpaired) electrons. The van der Waals surface area contributed by atoms with Gasteiger partial charge in [-0.25, -0.2) is 0 Å². The van der Waals surface area contributed by atoms with E-state index in [1.54, 1.807) is 12.1 Å². The molecule has 0 bridgehead atoms. The molecule has 3 aromatic carbocycles. The van der Waals surface area contributed by atoms with Gasteiger partial charge in [0.2, 0.25) is 5.91 Å². The molecule has 1 unspecified atom stereocenters. The zero-order valence-electron chi connectivity index (χ0n) is 21.3. The van der Waals surface area contributed by atoms with Gasteiger partial charge in [0.25, 0.3) is 0 Å². The molecule has 0 saturated heterocycles. The predicted octanol–water partition coefficient (Wildman–Crippen LogP) is 4.09. The maximum absolute atomic E-state index is 13.5. The minimum atomic E-state index is -0.296. The van der Waals surface area contributed by atoms with Gasteiger partial charge in [-0.3, -0.25) is 4.79 Å².